The van der Waals surface area contributed by atoms with E-state index in [1.165, 1.54) is 14.2 Å². The summed E-state index contributed by atoms with van der Waals surface area (Å²) in [4.78, 5) is 11.7. The van der Waals surface area contributed by atoms with Crippen LogP contribution < -0.4 is 25.8 Å². The quantitative estimate of drug-likeness (QED) is 0.535. The molecular formula is C20H18ClN3O3S. The van der Waals surface area contributed by atoms with Crippen LogP contribution in [-0.4, -0.2) is 25.2 Å². The second-order valence-electron chi connectivity index (χ2n) is 5.84. The van der Waals surface area contributed by atoms with Crippen LogP contribution in [0.4, 0.5) is 11.4 Å². The molecule has 28 heavy (non-hydrogen) atoms. The van der Waals surface area contributed by atoms with Crippen molar-refractivity contribution in [2.45, 2.75) is 0 Å². The Hall–Kier alpha value is -3.03. The van der Waals surface area contributed by atoms with Crippen LogP contribution in [0.3, 0.4) is 0 Å². The Morgan fingerprint density at radius 1 is 1.00 bits per heavy atom. The highest BCUT2D eigenvalue weighted by Gasteiger charge is 2.14. The molecule has 0 aliphatic carbocycles. The fourth-order valence-electron chi connectivity index (χ4n) is 2.92. The minimum absolute atomic E-state index is 0.319. The van der Waals surface area contributed by atoms with Crippen molar-refractivity contribution in [2.75, 3.05) is 24.9 Å². The summed E-state index contributed by atoms with van der Waals surface area (Å²) >= 11 is 11.6. The predicted octanol–water partition coefficient (Wildman–Crippen LogP) is 4.42. The number of anilines is 2. The predicted molar refractivity (Wildman–Crippen MR) is 117 cm³/mol. The molecule has 8 heteroatoms. The molecule has 0 spiro atoms. The number of amides is 1. The maximum Gasteiger partial charge on any atom is 0.249 e. The van der Waals surface area contributed by atoms with Gasteiger partial charge in [0.2, 0.25) is 5.91 Å². The van der Waals surface area contributed by atoms with Gasteiger partial charge in [0.05, 0.1) is 19.9 Å². The van der Waals surface area contributed by atoms with Crippen molar-refractivity contribution in [3.63, 3.8) is 0 Å². The van der Waals surface area contributed by atoms with E-state index in [0.717, 1.165) is 16.5 Å². The summed E-state index contributed by atoms with van der Waals surface area (Å²) in [6.07, 6.45) is 0. The molecular weight excluding hydrogens is 398 g/mol. The first-order valence-corrected chi connectivity index (χ1v) is 9.04. The van der Waals surface area contributed by atoms with E-state index in [1.807, 2.05) is 24.3 Å². The van der Waals surface area contributed by atoms with E-state index in [1.54, 1.807) is 24.3 Å². The van der Waals surface area contributed by atoms with Crippen molar-refractivity contribution in [1.29, 1.82) is 0 Å². The molecule has 3 aromatic carbocycles. The second kappa shape index (κ2) is 8.33. The number of methoxy groups -OCH3 is 2. The van der Waals surface area contributed by atoms with E-state index in [2.05, 4.69) is 10.6 Å². The smallest absolute Gasteiger partial charge is 0.249 e. The zero-order valence-corrected chi connectivity index (χ0v) is 16.8. The maximum absolute atomic E-state index is 11.7. The van der Waals surface area contributed by atoms with Crippen molar-refractivity contribution in [3.05, 3.63) is 59.1 Å². The normalized spacial score (nSPS) is 10.4. The van der Waals surface area contributed by atoms with Gasteiger partial charge in [0.15, 0.2) is 16.6 Å². The molecule has 0 heterocycles. The third-order valence-corrected chi connectivity index (χ3v) is 4.55. The Labute approximate surface area is 172 Å². The first-order valence-electron chi connectivity index (χ1n) is 8.25. The summed E-state index contributed by atoms with van der Waals surface area (Å²) in [6.45, 7) is 0. The molecule has 0 aromatic heterocycles. The van der Waals surface area contributed by atoms with Gasteiger partial charge < -0.3 is 25.8 Å². The average Bonchev–Trinajstić information content (AvgIpc) is 2.67. The number of rotatable bonds is 5. The van der Waals surface area contributed by atoms with Gasteiger partial charge in [0.1, 0.15) is 0 Å². The zero-order chi connectivity index (χ0) is 20.3. The molecule has 0 fully saturated rings. The first kappa shape index (κ1) is 19.7. The van der Waals surface area contributed by atoms with Crippen LogP contribution in [0, 0.1) is 0 Å². The van der Waals surface area contributed by atoms with Crippen molar-refractivity contribution in [1.82, 2.24) is 0 Å². The van der Waals surface area contributed by atoms with Gasteiger partial charge in [-0.2, -0.15) is 0 Å². The monoisotopic (exact) mass is 415 g/mol. The number of nitrogens with two attached hydrogens (primary N) is 1. The van der Waals surface area contributed by atoms with E-state index in [-0.39, 0.29) is 0 Å². The third kappa shape index (κ3) is 3.95. The van der Waals surface area contributed by atoms with Gasteiger partial charge >= 0.3 is 0 Å². The molecule has 0 aliphatic rings. The molecule has 4 N–H and O–H groups in total. The molecule has 0 atom stereocenters. The van der Waals surface area contributed by atoms with Crippen molar-refractivity contribution < 1.29 is 14.3 Å². The van der Waals surface area contributed by atoms with Gasteiger partial charge in [-0.05, 0) is 35.8 Å². The summed E-state index contributed by atoms with van der Waals surface area (Å²) in [6, 6.07) is 14.2. The molecule has 0 aliphatic heterocycles. The topological polar surface area (TPSA) is 85.6 Å². The number of nitrogens with one attached hydrogen (secondary N) is 2. The molecule has 0 saturated heterocycles. The Kier molecular flexibility index (Phi) is 5.87. The van der Waals surface area contributed by atoms with E-state index < -0.39 is 5.91 Å². The summed E-state index contributed by atoms with van der Waals surface area (Å²) in [7, 11) is 3.06. The molecule has 144 valence electrons. The number of carbonyl (C=O) groups excluding carboxylic acids is 1. The fourth-order valence-corrected chi connectivity index (χ4v) is 3.35. The van der Waals surface area contributed by atoms with E-state index in [0.29, 0.717) is 32.9 Å². The van der Waals surface area contributed by atoms with Crippen molar-refractivity contribution in [2.24, 2.45) is 5.73 Å². The number of fused-ring (bicyclic) bond motifs is 1. The lowest BCUT2D eigenvalue weighted by Gasteiger charge is -2.17. The number of primary amides is 1. The second-order valence-corrected chi connectivity index (χ2v) is 6.68. The van der Waals surface area contributed by atoms with Crippen LogP contribution >= 0.6 is 23.8 Å². The lowest BCUT2D eigenvalue weighted by Crippen LogP contribution is -2.20. The number of hydrogen-bond acceptors (Lipinski definition) is 4. The lowest BCUT2D eigenvalue weighted by molar-refractivity contribution is 0.100. The minimum Gasteiger partial charge on any atom is -0.493 e. The van der Waals surface area contributed by atoms with Crippen LogP contribution in [0.25, 0.3) is 10.8 Å². The zero-order valence-electron chi connectivity index (χ0n) is 15.2. The highest BCUT2D eigenvalue weighted by Crippen LogP contribution is 2.38. The van der Waals surface area contributed by atoms with Crippen molar-refractivity contribution >= 4 is 57.0 Å². The Balaban J connectivity index is 1.92. The first-order chi connectivity index (χ1) is 13.4. The van der Waals surface area contributed by atoms with E-state index >= 15 is 0 Å². The molecule has 0 saturated carbocycles. The number of carbonyl (C=O) groups is 1. The highest BCUT2D eigenvalue weighted by molar-refractivity contribution is 7.80. The standard InChI is InChI=1S/C20H18ClN3O3S/c1-26-17-10-11(21)9-16(18(17)27-2)24-20(28)23-15-8-7-14(19(22)25)12-5-3-4-6-13(12)15/h3-10H,1-2H3,(H2,22,25)(H2,23,24,28). The third-order valence-electron chi connectivity index (χ3n) is 4.13. The van der Waals surface area contributed by atoms with Gasteiger partial charge in [0.25, 0.3) is 0 Å². The average molecular weight is 416 g/mol. The highest BCUT2D eigenvalue weighted by atomic mass is 35.5. The minimum atomic E-state index is -0.487. The Morgan fingerprint density at radius 3 is 2.32 bits per heavy atom. The largest absolute Gasteiger partial charge is 0.493 e. The van der Waals surface area contributed by atoms with Crippen LogP contribution in [0.1, 0.15) is 10.4 Å². The van der Waals surface area contributed by atoms with Crippen molar-refractivity contribution in [3.8, 4) is 11.5 Å². The van der Waals surface area contributed by atoms with Gasteiger partial charge in [-0.1, -0.05) is 35.9 Å². The number of hydrogen-bond donors (Lipinski definition) is 3. The summed E-state index contributed by atoms with van der Waals surface area (Å²) < 4.78 is 10.7. The molecule has 0 bridgehead atoms. The summed E-state index contributed by atoms with van der Waals surface area (Å²) in [5.41, 5.74) is 7.20. The van der Waals surface area contributed by atoms with Crippen LogP contribution in [0.2, 0.25) is 5.02 Å². The van der Waals surface area contributed by atoms with Gasteiger partial charge in [-0.3, -0.25) is 4.79 Å². The molecule has 0 unspecified atom stereocenters. The fraction of sp³-hybridized carbons (Fsp3) is 0.100. The Bertz CT molecular complexity index is 1070. The Morgan fingerprint density at radius 2 is 1.68 bits per heavy atom. The number of halogens is 1. The number of ether oxygens (including phenoxy) is 2. The van der Waals surface area contributed by atoms with Crippen LogP contribution in [-0.2, 0) is 0 Å². The van der Waals surface area contributed by atoms with E-state index in [9.17, 15) is 4.79 Å². The number of thiocarbonyl (C=S) groups is 1. The number of benzene rings is 3. The van der Waals surface area contributed by atoms with Gasteiger partial charge in [-0.25, -0.2) is 0 Å². The lowest BCUT2D eigenvalue weighted by atomic mass is 10.0. The van der Waals surface area contributed by atoms with Gasteiger partial charge in [0, 0.05) is 27.7 Å². The van der Waals surface area contributed by atoms with Crippen LogP contribution in [0.5, 0.6) is 11.5 Å². The van der Waals surface area contributed by atoms with E-state index in [4.69, 9.17) is 39.0 Å². The van der Waals surface area contributed by atoms with Gasteiger partial charge in [-0.15, -0.1) is 0 Å². The summed E-state index contributed by atoms with van der Waals surface area (Å²) in [5, 5.41) is 8.55. The maximum atomic E-state index is 11.7. The molecule has 3 aromatic rings. The van der Waals surface area contributed by atoms with Crippen LogP contribution in [0.15, 0.2) is 48.5 Å². The molecule has 0 radical (unpaired) electrons. The summed E-state index contributed by atoms with van der Waals surface area (Å²) in [5.74, 6) is 0.473. The SMILES string of the molecule is COc1cc(Cl)cc(NC(=S)Nc2ccc(C(N)=O)c3ccccc23)c1OC. The molecule has 3 rings (SSSR count). The molecule has 1 amide bonds. The molecule has 6 nitrogen and oxygen atoms in total.